The van der Waals surface area contributed by atoms with Crippen molar-refractivity contribution in [2.75, 3.05) is 40.4 Å². The van der Waals surface area contributed by atoms with Crippen LogP contribution in [0.5, 0.6) is 17.4 Å². The van der Waals surface area contributed by atoms with Crippen molar-refractivity contribution >= 4 is 23.8 Å². The molecule has 2 spiro atoms. The minimum absolute atomic E-state index is 0.00214. The van der Waals surface area contributed by atoms with Gasteiger partial charge < -0.3 is 29.1 Å². The van der Waals surface area contributed by atoms with Crippen molar-refractivity contribution in [2.45, 2.75) is 50.4 Å². The molecule has 2 aliphatic carbocycles. The maximum Gasteiger partial charge on any atom is 0.344 e. The fourth-order valence-corrected chi connectivity index (χ4v) is 10.3. The summed E-state index contributed by atoms with van der Waals surface area (Å²) in [6, 6.07) is 29.9. The molecule has 0 bridgehead atoms. The molecule has 2 aliphatic heterocycles. The van der Waals surface area contributed by atoms with Gasteiger partial charge in [-0.25, -0.2) is 9.59 Å². The molecule has 14 heteroatoms. The second kappa shape index (κ2) is 16.2. The van der Waals surface area contributed by atoms with Crippen LogP contribution in [-0.2, 0) is 0 Å². The minimum atomic E-state index is -0.987. The molecule has 2 unspecified atom stereocenters. The molecule has 14 nitrogen and oxygen atoms in total. The number of nitrogens with one attached hydrogen (secondary N) is 2. The maximum atomic E-state index is 13.6. The molecular formula is C50H48N6O8. The molecule has 4 aliphatic rings. The summed E-state index contributed by atoms with van der Waals surface area (Å²) in [5.41, 5.74) is 7.42. The van der Waals surface area contributed by atoms with Crippen molar-refractivity contribution in [1.29, 1.82) is 0 Å². The van der Waals surface area contributed by atoms with E-state index >= 15 is 0 Å². The Morgan fingerprint density at radius 1 is 0.625 bits per heavy atom. The number of piperidine rings is 2. The number of benzene rings is 4. The molecule has 6 aromatic rings. The van der Waals surface area contributed by atoms with Gasteiger partial charge in [0.2, 0.25) is 5.88 Å². The van der Waals surface area contributed by atoms with Crippen LogP contribution in [-0.4, -0.2) is 99.5 Å². The zero-order valence-electron chi connectivity index (χ0n) is 35.6. The molecule has 2 aromatic heterocycles. The highest BCUT2D eigenvalue weighted by molar-refractivity contribution is 5.95. The van der Waals surface area contributed by atoms with Gasteiger partial charge in [-0.05, 0) is 126 Å². The molecular weight excluding hydrogens is 813 g/mol. The van der Waals surface area contributed by atoms with Crippen LogP contribution in [0.2, 0.25) is 0 Å². The summed E-state index contributed by atoms with van der Waals surface area (Å²) >= 11 is 0. The molecule has 4 heterocycles. The Bertz CT molecular complexity index is 2750. The molecule has 3 N–H and O–H groups in total. The number of ether oxygens (including phenoxy) is 3. The first-order valence-electron chi connectivity index (χ1n) is 21.7. The smallest absolute Gasteiger partial charge is 0.344 e. The van der Waals surface area contributed by atoms with Crippen LogP contribution in [0, 0.1) is 10.8 Å². The van der Waals surface area contributed by atoms with Gasteiger partial charge in [0.25, 0.3) is 11.8 Å². The number of hydrogen-bond acceptors (Lipinski definition) is 9. The van der Waals surface area contributed by atoms with Crippen molar-refractivity contribution in [1.82, 2.24) is 30.2 Å². The van der Waals surface area contributed by atoms with Gasteiger partial charge in [-0.2, -0.15) is 5.10 Å². The standard InChI is InChI=1S/C50H48N6O8/c1-62-42-13-11-34(47(59)60)25-36(42)30-3-7-32(8-4-30)39-29-50(39)18-23-56(24-19-50)46(58)41-27-44(54-53-41)64-48(61)35-12-14-43(63-2)37(26-35)31-5-9-33(10-6-31)38-28-49(38)16-21-55(22-17-49)45(57)40-15-20-51-52-40/h3-15,20,25-27,38-39H,16-19,21-24,28-29H2,1-2H3,(H,51,52)(H,53,54)(H,59,60). The first kappa shape index (κ1) is 40.8. The van der Waals surface area contributed by atoms with E-state index in [9.17, 15) is 24.3 Å². The number of carboxylic acids is 1. The van der Waals surface area contributed by atoms with E-state index in [2.05, 4.69) is 56.8 Å². The van der Waals surface area contributed by atoms with Gasteiger partial charge in [0.15, 0.2) is 0 Å². The number of esters is 1. The molecule has 4 fully saturated rings. The Hall–Kier alpha value is -7.22. The number of carboxylic acid groups (broad SMARTS) is 1. The third-order valence-corrected chi connectivity index (χ3v) is 14.3. The molecule has 2 saturated heterocycles. The monoisotopic (exact) mass is 860 g/mol. The van der Waals surface area contributed by atoms with Crippen molar-refractivity contribution in [3.05, 3.63) is 137 Å². The van der Waals surface area contributed by atoms with Crippen molar-refractivity contribution in [3.8, 4) is 39.6 Å². The molecule has 64 heavy (non-hydrogen) atoms. The largest absolute Gasteiger partial charge is 0.496 e. The number of aromatic carboxylic acids is 1. The number of methoxy groups -OCH3 is 2. The van der Waals surface area contributed by atoms with Gasteiger partial charge >= 0.3 is 11.9 Å². The fourth-order valence-electron chi connectivity index (χ4n) is 10.3. The lowest BCUT2D eigenvalue weighted by Crippen LogP contribution is -2.39. The van der Waals surface area contributed by atoms with Crippen LogP contribution in [0.25, 0.3) is 22.3 Å². The molecule has 2 atom stereocenters. The Balaban J connectivity index is 0.732. The van der Waals surface area contributed by atoms with Crippen molar-refractivity contribution in [3.63, 3.8) is 0 Å². The molecule has 2 amide bonds. The van der Waals surface area contributed by atoms with Crippen molar-refractivity contribution in [2.24, 2.45) is 10.8 Å². The van der Waals surface area contributed by atoms with E-state index in [0.29, 0.717) is 47.7 Å². The number of carbonyl (C=O) groups excluding carboxylic acids is 3. The van der Waals surface area contributed by atoms with E-state index in [1.165, 1.54) is 23.3 Å². The molecule has 10 rings (SSSR count). The molecule has 2 saturated carbocycles. The van der Waals surface area contributed by atoms with Gasteiger partial charge in [0.1, 0.15) is 22.9 Å². The number of rotatable bonds is 11. The minimum Gasteiger partial charge on any atom is -0.496 e. The van der Waals surface area contributed by atoms with Gasteiger partial charge in [-0.3, -0.25) is 19.8 Å². The molecule has 4 aromatic carbocycles. The second-order valence-electron chi connectivity index (χ2n) is 17.7. The number of amides is 2. The highest BCUT2D eigenvalue weighted by Gasteiger charge is 2.56. The molecule has 326 valence electrons. The predicted octanol–water partition coefficient (Wildman–Crippen LogP) is 8.22. The van der Waals surface area contributed by atoms with Crippen LogP contribution in [0.15, 0.2) is 103 Å². The average Bonchev–Trinajstić information content (AvgIpc) is 3.98. The van der Waals surface area contributed by atoms with Crippen LogP contribution < -0.4 is 14.2 Å². The topological polar surface area (TPSA) is 180 Å². The van der Waals surface area contributed by atoms with E-state index < -0.39 is 11.9 Å². The molecule has 0 radical (unpaired) electrons. The second-order valence-corrected chi connectivity index (χ2v) is 17.7. The number of H-pyrrole nitrogens is 2. The SMILES string of the molecule is COc1ccc(C(=O)O)cc1-c1ccc(C2CC23CCN(C(=O)c2cc(OC(=O)c4ccc(OC)c(-c5ccc(C6CC67CCN(C(=O)c6ccn[nH]6)CC7)cc5)c4)n[nH]2)CC3)cc1. The summed E-state index contributed by atoms with van der Waals surface area (Å²) in [6.07, 6.45) is 7.43. The number of carbonyl (C=O) groups is 4. The zero-order valence-corrected chi connectivity index (χ0v) is 35.6. The third kappa shape index (κ3) is 7.56. The third-order valence-electron chi connectivity index (χ3n) is 14.3. The summed E-state index contributed by atoms with van der Waals surface area (Å²) in [5.74, 6) is 0.291. The quantitative estimate of drug-likeness (QED) is 0.108. The van der Waals surface area contributed by atoms with E-state index in [4.69, 9.17) is 14.2 Å². The lowest BCUT2D eigenvalue weighted by molar-refractivity contribution is 0.0661. The van der Waals surface area contributed by atoms with E-state index in [-0.39, 0.29) is 39.8 Å². The number of aromatic nitrogens is 4. The maximum absolute atomic E-state index is 13.6. The van der Waals surface area contributed by atoms with Crippen LogP contribution in [0.1, 0.15) is 103 Å². The Kier molecular flexibility index (Phi) is 10.3. The Morgan fingerprint density at radius 2 is 1.12 bits per heavy atom. The van der Waals surface area contributed by atoms with Gasteiger partial charge in [-0.15, -0.1) is 5.10 Å². The first-order chi connectivity index (χ1) is 31.1. The lowest BCUT2D eigenvalue weighted by Gasteiger charge is -2.32. The normalized spacial score (nSPS) is 19.3. The van der Waals surface area contributed by atoms with Crippen LogP contribution in [0.3, 0.4) is 0 Å². The first-order valence-corrected chi connectivity index (χ1v) is 21.7. The number of likely N-dealkylation sites (tertiary alicyclic amines) is 2. The summed E-state index contributed by atoms with van der Waals surface area (Å²) in [5, 5.41) is 23.1. The summed E-state index contributed by atoms with van der Waals surface area (Å²) in [7, 11) is 3.17. The fraction of sp³-hybridized carbons (Fsp3) is 0.320. The van der Waals surface area contributed by atoms with Gasteiger partial charge in [0.05, 0.1) is 25.3 Å². The summed E-state index contributed by atoms with van der Waals surface area (Å²) in [6.45, 7) is 2.67. The lowest BCUT2D eigenvalue weighted by atomic mass is 9.88. The van der Waals surface area contributed by atoms with Crippen LogP contribution >= 0.6 is 0 Å². The predicted molar refractivity (Wildman–Crippen MR) is 236 cm³/mol. The average molecular weight is 861 g/mol. The summed E-state index contributed by atoms with van der Waals surface area (Å²) < 4.78 is 16.9. The van der Waals surface area contributed by atoms with E-state index in [1.807, 2.05) is 21.9 Å². The van der Waals surface area contributed by atoms with Gasteiger partial charge in [0, 0.05) is 49.6 Å². The van der Waals surface area contributed by atoms with E-state index in [0.717, 1.165) is 73.9 Å². The summed E-state index contributed by atoms with van der Waals surface area (Å²) in [4.78, 5) is 55.2. The Labute approximate surface area is 369 Å². The highest BCUT2D eigenvalue weighted by Crippen LogP contribution is 2.66. The number of hydrogen-bond donors (Lipinski definition) is 3. The van der Waals surface area contributed by atoms with Crippen molar-refractivity contribution < 1.29 is 38.5 Å². The van der Waals surface area contributed by atoms with Gasteiger partial charge in [-0.1, -0.05) is 48.5 Å². The number of nitrogens with zero attached hydrogens (tertiary/aromatic N) is 4. The highest BCUT2D eigenvalue weighted by atomic mass is 16.5. The number of aromatic amines is 2. The Morgan fingerprint density at radius 3 is 1.61 bits per heavy atom. The van der Waals surface area contributed by atoms with Crippen LogP contribution in [0.4, 0.5) is 0 Å². The zero-order chi connectivity index (χ0) is 44.2. The van der Waals surface area contributed by atoms with E-state index in [1.54, 1.807) is 56.8 Å².